The van der Waals surface area contributed by atoms with Crippen molar-refractivity contribution in [1.29, 1.82) is 0 Å². The Kier molecular flexibility index (Phi) is 13.4. The summed E-state index contributed by atoms with van der Waals surface area (Å²) < 4.78 is 41.4. The van der Waals surface area contributed by atoms with Gasteiger partial charge in [-0.05, 0) is 39.7 Å². The topological polar surface area (TPSA) is 122 Å². The van der Waals surface area contributed by atoms with Crippen LogP contribution in [-0.4, -0.2) is 98.4 Å². The van der Waals surface area contributed by atoms with Crippen LogP contribution in [0, 0.1) is 5.92 Å². The zero-order chi connectivity index (χ0) is 30.9. The molecule has 2 N–H and O–H groups in total. The smallest absolute Gasteiger partial charge is 0.314 e. The highest BCUT2D eigenvalue weighted by molar-refractivity contribution is 5.73. The molecular formula is C32H50O10. The molecule has 0 unspecified atom stereocenters. The summed E-state index contributed by atoms with van der Waals surface area (Å²) in [6.45, 7) is 9.05. The molecule has 2 saturated heterocycles. The fourth-order valence-electron chi connectivity index (χ4n) is 5.77. The number of esters is 1. The number of allylic oxidation sites excluding steroid dienone is 4. The van der Waals surface area contributed by atoms with Gasteiger partial charge in [-0.3, -0.25) is 4.79 Å². The normalized spacial score (nSPS) is 40.3. The van der Waals surface area contributed by atoms with Crippen LogP contribution < -0.4 is 0 Å². The van der Waals surface area contributed by atoms with Crippen molar-refractivity contribution in [1.82, 2.24) is 0 Å². The maximum absolute atomic E-state index is 13.4. The molecule has 238 valence electrons. The van der Waals surface area contributed by atoms with E-state index in [1.807, 2.05) is 43.4 Å². The molecule has 0 aromatic heterocycles. The highest BCUT2D eigenvalue weighted by Crippen LogP contribution is 2.39. The average Bonchev–Trinajstić information content (AvgIpc) is 2.94. The summed E-state index contributed by atoms with van der Waals surface area (Å²) in [5.74, 6) is -3.44. The zero-order valence-corrected chi connectivity index (χ0v) is 25.8. The maximum atomic E-state index is 13.4. The van der Waals surface area contributed by atoms with Gasteiger partial charge in [-0.15, -0.1) is 6.58 Å². The molecule has 0 radical (unpaired) electrons. The van der Waals surface area contributed by atoms with Gasteiger partial charge in [0.2, 0.25) is 0 Å². The first kappa shape index (κ1) is 34.6. The minimum Gasteiger partial charge on any atom is -0.457 e. The molecule has 3 aliphatic rings. The summed E-state index contributed by atoms with van der Waals surface area (Å²) in [7, 11) is 4.63. The second-order valence-electron chi connectivity index (χ2n) is 11.5. The number of cyclic esters (lactones) is 1. The SMILES string of the molecule is C=CCC/C=C/C=C/[C@@H]1CC(C)=C[C@@H](OC)C[C@H]2C[C@@H](O[C@@H]3O[C@@H](C)[C@H](O)[C@@H](OC)[C@H]3OC)C[C@](O)(O2)[C@H](C)C(=O)O1. The molecule has 10 nitrogen and oxygen atoms in total. The van der Waals surface area contributed by atoms with Crippen molar-refractivity contribution >= 4 is 5.97 Å². The van der Waals surface area contributed by atoms with Crippen molar-refractivity contribution in [2.24, 2.45) is 5.92 Å². The fourth-order valence-corrected chi connectivity index (χ4v) is 5.77. The number of unbranched alkanes of at least 4 members (excludes halogenated alkanes) is 1. The number of methoxy groups -OCH3 is 3. The van der Waals surface area contributed by atoms with Gasteiger partial charge < -0.3 is 43.4 Å². The number of hydrogen-bond donors (Lipinski definition) is 2. The number of fused-ring (bicyclic) bond motifs is 2. The van der Waals surface area contributed by atoms with Gasteiger partial charge in [0.25, 0.3) is 0 Å². The van der Waals surface area contributed by atoms with Crippen LogP contribution in [0.5, 0.6) is 0 Å². The van der Waals surface area contributed by atoms with E-state index in [1.165, 1.54) is 14.2 Å². The summed E-state index contributed by atoms with van der Waals surface area (Å²) >= 11 is 0. The van der Waals surface area contributed by atoms with Crippen molar-refractivity contribution in [3.63, 3.8) is 0 Å². The Morgan fingerprint density at radius 1 is 1.10 bits per heavy atom. The summed E-state index contributed by atoms with van der Waals surface area (Å²) in [5, 5.41) is 22.3. The molecule has 3 heterocycles. The number of aliphatic hydroxyl groups is 2. The third-order valence-corrected chi connectivity index (χ3v) is 8.25. The lowest BCUT2D eigenvalue weighted by Crippen LogP contribution is -2.60. The van der Waals surface area contributed by atoms with E-state index in [1.54, 1.807) is 21.0 Å². The number of rotatable bonds is 10. The Morgan fingerprint density at radius 3 is 2.50 bits per heavy atom. The van der Waals surface area contributed by atoms with Crippen LogP contribution >= 0.6 is 0 Å². The molecule has 3 aliphatic heterocycles. The van der Waals surface area contributed by atoms with E-state index in [-0.39, 0.29) is 12.5 Å². The second-order valence-corrected chi connectivity index (χ2v) is 11.5. The van der Waals surface area contributed by atoms with Gasteiger partial charge in [-0.25, -0.2) is 0 Å². The van der Waals surface area contributed by atoms with Crippen molar-refractivity contribution in [2.45, 2.75) is 120 Å². The minimum atomic E-state index is -1.86. The molecular weight excluding hydrogens is 544 g/mol. The largest absolute Gasteiger partial charge is 0.457 e. The molecule has 2 bridgehead atoms. The van der Waals surface area contributed by atoms with Crippen LogP contribution in [-0.2, 0) is 38.0 Å². The van der Waals surface area contributed by atoms with Crippen LogP contribution in [0.25, 0.3) is 0 Å². The van der Waals surface area contributed by atoms with E-state index in [0.29, 0.717) is 19.3 Å². The highest BCUT2D eigenvalue weighted by atomic mass is 16.7. The van der Waals surface area contributed by atoms with Gasteiger partial charge in [0.05, 0.1) is 24.4 Å². The van der Waals surface area contributed by atoms with E-state index in [9.17, 15) is 15.0 Å². The molecule has 0 spiro atoms. The first-order chi connectivity index (χ1) is 20.0. The van der Waals surface area contributed by atoms with Gasteiger partial charge in [0, 0.05) is 47.0 Å². The fraction of sp³-hybridized carbons (Fsp3) is 0.719. The van der Waals surface area contributed by atoms with Gasteiger partial charge >= 0.3 is 5.97 Å². The Bertz CT molecular complexity index is 963. The monoisotopic (exact) mass is 594 g/mol. The third-order valence-electron chi connectivity index (χ3n) is 8.25. The lowest BCUT2D eigenvalue weighted by Gasteiger charge is -2.47. The number of ether oxygens (including phenoxy) is 7. The first-order valence-corrected chi connectivity index (χ1v) is 14.8. The van der Waals surface area contributed by atoms with Crippen LogP contribution in [0.15, 0.2) is 48.6 Å². The number of hydrogen-bond acceptors (Lipinski definition) is 10. The van der Waals surface area contributed by atoms with Crippen molar-refractivity contribution in [3.05, 3.63) is 48.6 Å². The Labute approximate surface area is 250 Å². The quantitative estimate of drug-likeness (QED) is 0.167. The van der Waals surface area contributed by atoms with Crippen molar-refractivity contribution in [3.8, 4) is 0 Å². The number of carbonyl (C=O) groups is 1. The summed E-state index contributed by atoms with van der Waals surface area (Å²) in [4.78, 5) is 13.4. The van der Waals surface area contributed by atoms with Crippen molar-refractivity contribution in [2.75, 3.05) is 21.3 Å². The van der Waals surface area contributed by atoms with E-state index in [0.717, 1.165) is 18.4 Å². The van der Waals surface area contributed by atoms with E-state index in [4.69, 9.17) is 33.2 Å². The molecule has 0 aliphatic carbocycles. The number of carbonyl (C=O) groups excluding carboxylic acids is 1. The minimum absolute atomic E-state index is 0.00368. The molecule has 2 fully saturated rings. The highest BCUT2D eigenvalue weighted by Gasteiger charge is 2.51. The Balaban J connectivity index is 1.86. The molecule has 11 atom stereocenters. The molecule has 0 aromatic carbocycles. The summed E-state index contributed by atoms with van der Waals surface area (Å²) in [6, 6.07) is 0. The van der Waals surface area contributed by atoms with Crippen LogP contribution in [0.2, 0.25) is 0 Å². The summed E-state index contributed by atoms with van der Waals surface area (Å²) in [5.41, 5.74) is 1.00. The van der Waals surface area contributed by atoms with Crippen LogP contribution in [0.3, 0.4) is 0 Å². The molecule has 3 rings (SSSR count). The average molecular weight is 595 g/mol. The second kappa shape index (κ2) is 16.3. The molecule has 42 heavy (non-hydrogen) atoms. The third kappa shape index (κ3) is 9.06. The molecule has 0 aromatic rings. The molecule has 0 saturated carbocycles. The maximum Gasteiger partial charge on any atom is 0.314 e. The standard InChI is InChI=1S/C32H50O10/c1-8-9-10-11-12-13-14-23-15-20(2)16-24(36-5)17-25-18-26(19-32(35,42-25)21(3)30(34)40-23)41-31-29(38-7)28(37-6)27(33)22(4)39-31/h8,11-14,16,21-29,31,33,35H,1,9-10,15,17-19H2,2-7H3/b12-11+,14-13+,20-16?/t21-,22+,23-,24-,25+,26-,27+,28-,29-,31+,32+/m1/s1. The van der Waals surface area contributed by atoms with Gasteiger partial charge in [-0.1, -0.05) is 36.0 Å². The number of aliphatic hydroxyl groups excluding tert-OH is 1. The Morgan fingerprint density at radius 2 is 1.83 bits per heavy atom. The van der Waals surface area contributed by atoms with E-state index in [2.05, 4.69) is 6.58 Å². The lowest BCUT2D eigenvalue weighted by molar-refractivity contribution is -0.343. The van der Waals surface area contributed by atoms with E-state index >= 15 is 0 Å². The Hall–Kier alpha value is -1.89. The van der Waals surface area contributed by atoms with Gasteiger partial charge in [0.1, 0.15) is 30.3 Å². The van der Waals surface area contributed by atoms with Crippen LogP contribution in [0.1, 0.15) is 59.3 Å². The molecule has 10 heteroatoms. The van der Waals surface area contributed by atoms with Crippen molar-refractivity contribution < 1.29 is 48.2 Å². The molecule has 0 amide bonds. The zero-order valence-electron chi connectivity index (χ0n) is 25.8. The first-order valence-electron chi connectivity index (χ1n) is 14.8. The predicted octanol–water partition coefficient (Wildman–Crippen LogP) is 3.76. The van der Waals surface area contributed by atoms with E-state index < -0.39 is 66.7 Å². The van der Waals surface area contributed by atoms with Gasteiger partial charge in [0.15, 0.2) is 12.1 Å². The predicted molar refractivity (Wildman–Crippen MR) is 156 cm³/mol. The van der Waals surface area contributed by atoms with Crippen LogP contribution in [0.4, 0.5) is 0 Å². The lowest BCUT2D eigenvalue weighted by atomic mass is 9.87. The van der Waals surface area contributed by atoms with Gasteiger partial charge in [-0.2, -0.15) is 0 Å². The summed E-state index contributed by atoms with van der Waals surface area (Å²) in [6.07, 6.45) is 9.05.